The lowest BCUT2D eigenvalue weighted by molar-refractivity contribution is 0.0766. The fourth-order valence-corrected chi connectivity index (χ4v) is 4.40. The molecule has 164 valence electrons. The molecule has 1 aromatic heterocycles. The molecule has 3 aromatic rings. The molecule has 0 spiro atoms. The highest BCUT2D eigenvalue weighted by Gasteiger charge is 2.29. The van der Waals surface area contributed by atoms with Gasteiger partial charge in [-0.05, 0) is 43.3 Å². The molecule has 0 unspecified atom stereocenters. The zero-order valence-electron chi connectivity index (χ0n) is 18.6. The number of rotatable bonds is 5. The number of piperazine rings is 1. The summed E-state index contributed by atoms with van der Waals surface area (Å²) in [6, 6.07) is 16.4. The third-order valence-electron chi connectivity index (χ3n) is 6.24. The number of benzene rings is 2. The predicted molar refractivity (Wildman–Crippen MR) is 126 cm³/mol. The van der Waals surface area contributed by atoms with Crippen LogP contribution in [0.4, 0.5) is 17.3 Å². The first kappa shape index (κ1) is 20.5. The minimum Gasteiger partial charge on any atom is -0.369 e. The van der Waals surface area contributed by atoms with Crippen molar-refractivity contribution in [1.82, 2.24) is 19.8 Å². The van der Waals surface area contributed by atoms with Crippen molar-refractivity contribution in [2.24, 2.45) is 0 Å². The monoisotopic (exact) mass is 428 g/mol. The predicted octanol–water partition coefficient (Wildman–Crippen LogP) is 3.44. The van der Waals surface area contributed by atoms with E-state index in [0.717, 1.165) is 43.1 Å². The van der Waals surface area contributed by atoms with Gasteiger partial charge in [0.05, 0.1) is 17.8 Å². The Kier molecular flexibility index (Phi) is 5.49. The molecule has 2 aromatic carbocycles. The average molecular weight is 429 g/mol. The normalized spacial score (nSPS) is 16.4. The Bertz CT molecular complexity index is 1120. The second kappa shape index (κ2) is 8.59. The smallest absolute Gasteiger partial charge is 0.258 e. The largest absolute Gasteiger partial charge is 0.369 e. The number of carbonyl (C=O) groups excluding carboxylic acids is 1. The van der Waals surface area contributed by atoms with Crippen LogP contribution >= 0.6 is 0 Å². The van der Waals surface area contributed by atoms with Crippen molar-refractivity contribution < 1.29 is 4.79 Å². The van der Waals surface area contributed by atoms with Crippen molar-refractivity contribution >= 4 is 23.2 Å². The Balaban J connectivity index is 1.28. The number of aryl methyl sites for hydroxylation is 1. The second-order valence-corrected chi connectivity index (χ2v) is 8.62. The van der Waals surface area contributed by atoms with Gasteiger partial charge in [-0.1, -0.05) is 30.3 Å². The molecular formula is C25H28N6O. The van der Waals surface area contributed by atoms with Crippen LogP contribution in [0.2, 0.25) is 0 Å². The van der Waals surface area contributed by atoms with Crippen LogP contribution in [0.1, 0.15) is 27.2 Å². The molecule has 0 radical (unpaired) electrons. The van der Waals surface area contributed by atoms with Crippen LogP contribution in [0, 0.1) is 6.92 Å². The third-order valence-corrected chi connectivity index (χ3v) is 6.24. The molecule has 32 heavy (non-hydrogen) atoms. The molecule has 2 aliphatic heterocycles. The maximum atomic E-state index is 12.7. The zero-order chi connectivity index (χ0) is 22.1. The number of likely N-dealkylation sites (N-methyl/N-ethyl adjacent to an activating group) is 1. The summed E-state index contributed by atoms with van der Waals surface area (Å²) in [4.78, 5) is 28.4. The van der Waals surface area contributed by atoms with E-state index in [9.17, 15) is 4.79 Å². The molecule has 0 atom stereocenters. The maximum absolute atomic E-state index is 12.7. The summed E-state index contributed by atoms with van der Waals surface area (Å²) in [6.07, 6.45) is 1.64. The van der Waals surface area contributed by atoms with Gasteiger partial charge in [0.2, 0.25) is 5.95 Å². The lowest BCUT2D eigenvalue weighted by Crippen LogP contribution is -2.44. The van der Waals surface area contributed by atoms with Crippen molar-refractivity contribution in [3.8, 4) is 0 Å². The Labute approximate surface area is 188 Å². The first-order valence-electron chi connectivity index (χ1n) is 11.1. The molecule has 0 aliphatic carbocycles. The zero-order valence-corrected chi connectivity index (χ0v) is 18.6. The fourth-order valence-electron chi connectivity index (χ4n) is 4.40. The van der Waals surface area contributed by atoms with Crippen molar-refractivity contribution in [3.63, 3.8) is 0 Å². The van der Waals surface area contributed by atoms with Crippen LogP contribution < -0.4 is 10.2 Å². The van der Waals surface area contributed by atoms with Gasteiger partial charge in [0, 0.05) is 50.3 Å². The standard InChI is InChI=1S/C25H28N6O/c1-18-14-20(8-9-23(18)30-12-10-29(2)11-13-30)27-25-26-15-21-22(28-25)17-31(24(21)32)16-19-6-4-3-5-7-19/h3-9,14-15H,10-13,16-17H2,1-2H3,(H,26,27,28). The van der Waals surface area contributed by atoms with Crippen molar-refractivity contribution in [1.29, 1.82) is 0 Å². The number of aromatic nitrogens is 2. The van der Waals surface area contributed by atoms with E-state index in [4.69, 9.17) is 0 Å². The van der Waals surface area contributed by atoms with Gasteiger partial charge in [0.1, 0.15) is 0 Å². The average Bonchev–Trinajstić information content (AvgIpc) is 3.10. The fraction of sp³-hybridized carbons (Fsp3) is 0.320. The highest BCUT2D eigenvalue weighted by Crippen LogP contribution is 2.27. The Morgan fingerprint density at radius 3 is 2.56 bits per heavy atom. The molecule has 3 heterocycles. The van der Waals surface area contributed by atoms with Crippen molar-refractivity contribution in [2.45, 2.75) is 20.0 Å². The van der Waals surface area contributed by atoms with E-state index in [2.05, 4.69) is 57.3 Å². The van der Waals surface area contributed by atoms with Crippen LogP contribution in [-0.2, 0) is 13.1 Å². The lowest BCUT2D eigenvalue weighted by Gasteiger charge is -2.35. The number of nitrogens with zero attached hydrogens (tertiary/aromatic N) is 5. The topological polar surface area (TPSA) is 64.6 Å². The van der Waals surface area contributed by atoms with E-state index >= 15 is 0 Å². The van der Waals surface area contributed by atoms with Gasteiger partial charge in [-0.2, -0.15) is 0 Å². The molecule has 5 rings (SSSR count). The van der Waals surface area contributed by atoms with E-state index in [0.29, 0.717) is 24.6 Å². The van der Waals surface area contributed by atoms with Gasteiger partial charge in [-0.25, -0.2) is 9.97 Å². The van der Waals surface area contributed by atoms with E-state index in [1.165, 1.54) is 11.3 Å². The number of hydrogen-bond acceptors (Lipinski definition) is 6. The molecule has 0 saturated carbocycles. The summed E-state index contributed by atoms with van der Waals surface area (Å²) in [6.45, 7) is 7.48. The number of hydrogen-bond donors (Lipinski definition) is 1. The number of amides is 1. The van der Waals surface area contributed by atoms with Gasteiger partial charge in [0.25, 0.3) is 5.91 Å². The summed E-state index contributed by atoms with van der Waals surface area (Å²) in [5.74, 6) is 0.507. The van der Waals surface area contributed by atoms with Gasteiger partial charge >= 0.3 is 0 Å². The first-order chi connectivity index (χ1) is 15.6. The van der Waals surface area contributed by atoms with Crippen molar-refractivity contribution in [3.05, 3.63) is 77.1 Å². The summed E-state index contributed by atoms with van der Waals surface area (Å²) in [7, 11) is 2.17. The summed E-state index contributed by atoms with van der Waals surface area (Å²) >= 11 is 0. The number of fused-ring (bicyclic) bond motifs is 1. The quantitative estimate of drug-likeness (QED) is 0.672. The molecule has 2 aliphatic rings. The highest BCUT2D eigenvalue weighted by molar-refractivity contribution is 5.97. The second-order valence-electron chi connectivity index (χ2n) is 8.62. The molecule has 1 fully saturated rings. The van der Waals surface area contributed by atoms with Crippen LogP contribution in [0.5, 0.6) is 0 Å². The van der Waals surface area contributed by atoms with E-state index in [1.807, 2.05) is 35.2 Å². The number of nitrogens with one attached hydrogen (secondary N) is 1. The van der Waals surface area contributed by atoms with Gasteiger partial charge in [-0.15, -0.1) is 0 Å². The van der Waals surface area contributed by atoms with Crippen LogP contribution in [0.15, 0.2) is 54.7 Å². The molecule has 7 heteroatoms. The van der Waals surface area contributed by atoms with Crippen molar-refractivity contribution in [2.75, 3.05) is 43.4 Å². The minimum absolute atomic E-state index is 0.0113. The third kappa shape index (κ3) is 4.16. The Morgan fingerprint density at radius 1 is 1.03 bits per heavy atom. The first-order valence-corrected chi connectivity index (χ1v) is 11.1. The van der Waals surface area contributed by atoms with Crippen LogP contribution in [0.25, 0.3) is 0 Å². The van der Waals surface area contributed by atoms with Crippen LogP contribution in [-0.4, -0.2) is 58.9 Å². The SMILES string of the molecule is Cc1cc(Nc2ncc3c(n2)CN(Cc2ccccc2)C3=O)ccc1N1CCN(C)CC1. The molecule has 0 bridgehead atoms. The molecule has 7 nitrogen and oxygen atoms in total. The van der Waals surface area contributed by atoms with E-state index < -0.39 is 0 Å². The molecule has 1 amide bonds. The number of anilines is 3. The lowest BCUT2D eigenvalue weighted by atomic mass is 10.1. The Morgan fingerprint density at radius 2 is 1.81 bits per heavy atom. The van der Waals surface area contributed by atoms with E-state index in [1.54, 1.807) is 6.20 Å². The van der Waals surface area contributed by atoms with Gasteiger partial charge < -0.3 is 20.0 Å². The van der Waals surface area contributed by atoms with Gasteiger partial charge in [0.15, 0.2) is 0 Å². The summed E-state index contributed by atoms with van der Waals surface area (Å²) < 4.78 is 0. The minimum atomic E-state index is -0.0113. The summed E-state index contributed by atoms with van der Waals surface area (Å²) in [5.41, 5.74) is 5.93. The molecule has 1 N–H and O–H groups in total. The molecular weight excluding hydrogens is 400 g/mol. The number of carbonyl (C=O) groups is 1. The van der Waals surface area contributed by atoms with E-state index in [-0.39, 0.29) is 5.91 Å². The maximum Gasteiger partial charge on any atom is 0.258 e. The summed E-state index contributed by atoms with van der Waals surface area (Å²) in [5, 5.41) is 3.31. The van der Waals surface area contributed by atoms with Crippen LogP contribution in [0.3, 0.4) is 0 Å². The van der Waals surface area contributed by atoms with Gasteiger partial charge in [-0.3, -0.25) is 4.79 Å². The Hall–Kier alpha value is -3.45. The molecule has 1 saturated heterocycles. The highest BCUT2D eigenvalue weighted by atomic mass is 16.2.